The summed E-state index contributed by atoms with van der Waals surface area (Å²) >= 11 is 5.90. The fourth-order valence-corrected chi connectivity index (χ4v) is 1.55. The van der Waals surface area contributed by atoms with E-state index in [1.165, 1.54) is 14.0 Å². The minimum atomic E-state index is -0.0394. The van der Waals surface area contributed by atoms with Crippen LogP contribution in [-0.2, 0) is 0 Å². The van der Waals surface area contributed by atoms with Crippen LogP contribution in [0.15, 0.2) is 12.1 Å². The lowest BCUT2D eigenvalue weighted by molar-refractivity contribution is 0.101. The molecule has 0 atom stereocenters. The molecule has 0 aliphatic rings. The highest BCUT2D eigenvalue weighted by atomic mass is 35.5. The highest BCUT2D eigenvalue weighted by Crippen LogP contribution is 2.30. The van der Waals surface area contributed by atoms with E-state index in [0.717, 1.165) is 5.56 Å². The van der Waals surface area contributed by atoms with Crippen molar-refractivity contribution in [1.82, 2.24) is 0 Å². The highest BCUT2D eigenvalue weighted by molar-refractivity contribution is 6.32. The molecular weight excluding hydrogens is 188 g/mol. The minimum absolute atomic E-state index is 0.0394. The maximum atomic E-state index is 11.2. The summed E-state index contributed by atoms with van der Waals surface area (Å²) < 4.78 is 5.04. The number of ketones is 1. The van der Waals surface area contributed by atoms with Crippen LogP contribution in [0.3, 0.4) is 0 Å². The largest absolute Gasteiger partial charge is 0.494 e. The highest BCUT2D eigenvalue weighted by Gasteiger charge is 2.11. The Balaban J connectivity index is 3.38. The van der Waals surface area contributed by atoms with Gasteiger partial charge in [0, 0.05) is 0 Å². The summed E-state index contributed by atoms with van der Waals surface area (Å²) in [6.07, 6.45) is 0. The number of halogens is 1. The molecule has 0 amide bonds. The van der Waals surface area contributed by atoms with Crippen molar-refractivity contribution in [2.45, 2.75) is 13.8 Å². The van der Waals surface area contributed by atoms with Gasteiger partial charge in [0.15, 0.2) is 5.78 Å². The first-order valence-corrected chi connectivity index (χ1v) is 4.29. The molecule has 0 spiro atoms. The van der Waals surface area contributed by atoms with Crippen molar-refractivity contribution in [1.29, 1.82) is 0 Å². The lowest BCUT2D eigenvalue weighted by Crippen LogP contribution is -1.98. The molecule has 0 aliphatic carbocycles. The molecule has 0 heterocycles. The Bertz CT molecular complexity index is 345. The minimum Gasteiger partial charge on any atom is -0.494 e. The van der Waals surface area contributed by atoms with Gasteiger partial charge in [-0.2, -0.15) is 0 Å². The number of ether oxygens (including phenoxy) is 1. The summed E-state index contributed by atoms with van der Waals surface area (Å²) in [5.74, 6) is 0.419. The fourth-order valence-electron chi connectivity index (χ4n) is 1.20. The third-order valence-electron chi connectivity index (χ3n) is 1.77. The van der Waals surface area contributed by atoms with E-state index < -0.39 is 0 Å². The van der Waals surface area contributed by atoms with Gasteiger partial charge in [-0.15, -0.1) is 0 Å². The molecule has 0 radical (unpaired) electrons. The molecule has 1 aromatic rings. The van der Waals surface area contributed by atoms with Crippen LogP contribution < -0.4 is 4.74 Å². The van der Waals surface area contributed by atoms with Crippen molar-refractivity contribution < 1.29 is 9.53 Å². The van der Waals surface area contributed by atoms with Gasteiger partial charge in [0.25, 0.3) is 0 Å². The molecular formula is C10H11ClO2. The number of Topliss-reactive ketones (excluding diaryl/α,β-unsaturated/α-hetero) is 1. The molecule has 0 N–H and O–H groups in total. The Hall–Kier alpha value is -1.02. The van der Waals surface area contributed by atoms with E-state index in [1.54, 1.807) is 12.1 Å². The first-order valence-electron chi connectivity index (χ1n) is 3.91. The first-order chi connectivity index (χ1) is 6.06. The lowest BCUT2D eigenvalue weighted by atomic mass is 10.1. The third kappa shape index (κ3) is 2.01. The summed E-state index contributed by atoms with van der Waals surface area (Å²) in [7, 11) is 1.50. The molecule has 3 heteroatoms. The summed E-state index contributed by atoms with van der Waals surface area (Å²) in [5, 5.41) is 0.479. The van der Waals surface area contributed by atoms with Gasteiger partial charge < -0.3 is 4.74 Å². The van der Waals surface area contributed by atoms with Gasteiger partial charge in [0.05, 0.1) is 17.7 Å². The van der Waals surface area contributed by atoms with Gasteiger partial charge in [0.2, 0.25) is 0 Å². The number of carbonyl (C=O) groups is 1. The third-order valence-corrected chi connectivity index (χ3v) is 2.05. The molecule has 0 aliphatic heterocycles. The number of hydrogen-bond donors (Lipinski definition) is 0. The first kappa shape index (κ1) is 10.1. The van der Waals surface area contributed by atoms with Crippen LogP contribution in [0.2, 0.25) is 5.02 Å². The zero-order chi connectivity index (χ0) is 10.0. The van der Waals surface area contributed by atoms with Crippen LogP contribution in [-0.4, -0.2) is 12.9 Å². The average molecular weight is 199 g/mol. The Morgan fingerprint density at radius 2 is 2.08 bits per heavy atom. The van der Waals surface area contributed by atoms with Crippen LogP contribution in [0, 0.1) is 6.92 Å². The summed E-state index contributed by atoms with van der Waals surface area (Å²) in [6, 6.07) is 3.54. The molecule has 0 fully saturated rings. The SMILES string of the molecule is COc1c(Cl)cc(C)cc1C(C)=O. The van der Waals surface area contributed by atoms with Gasteiger partial charge in [-0.1, -0.05) is 11.6 Å². The topological polar surface area (TPSA) is 26.3 Å². The van der Waals surface area contributed by atoms with E-state index in [1.807, 2.05) is 6.92 Å². The molecule has 0 bridgehead atoms. The van der Waals surface area contributed by atoms with Crippen LogP contribution in [0.1, 0.15) is 22.8 Å². The van der Waals surface area contributed by atoms with Crippen molar-refractivity contribution in [3.8, 4) is 5.75 Å². The predicted octanol–water partition coefficient (Wildman–Crippen LogP) is 2.86. The number of rotatable bonds is 2. The molecule has 0 aromatic heterocycles. The van der Waals surface area contributed by atoms with Crippen LogP contribution >= 0.6 is 11.6 Å². The lowest BCUT2D eigenvalue weighted by Gasteiger charge is -2.08. The van der Waals surface area contributed by atoms with Gasteiger partial charge in [-0.3, -0.25) is 4.79 Å². The Labute approximate surface area is 82.5 Å². The normalized spacial score (nSPS) is 9.85. The van der Waals surface area contributed by atoms with Gasteiger partial charge >= 0.3 is 0 Å². The maximum Gasteiger partial charge on any atom is 0.163 e. The van der Waals surface area contributed by atoms with E-state index >= 15 is 0 Å². The van der Waals surface area contributed by atoms with Crippen molar-refractivity contribution >= 4 is 17.4 Å². The summed E-state index contributed by atoms with van der Waals surface area (Å²) in [5.41, 5.74) is 1.49. The van der Waals surface area contributed by atoms with E-state index in [-0.39, 0.29) is 5.78 Å². The number of methoxy groups -OCH3 is 1. The second-order valence-corrected chi connectivity index (χ2v) is 3.29. The Morgan fingerprint density at radius 1 is 1.46 bits per heavy atom. The molecule has 13 heavy (non-hydrogen) atoms. The van der Waals surface area contributed by atoms with Crippen molar-refractivity contribution in [3.63, 3.8) is 0 Å². The fraction of sp³-hybridized carbons (Fsp3) is 0.300. The Morgan fingerprint density at radius 3 is 2.54 bits per heavy atom. The zero-order valence-electron chi connectivity index (χ0n) is 7.85. The van der Waals surface area contributed by atoms with E-state index in [4.69, 9.17) is 16.3 Å². The van der Waals surface area contributed by atoms with Crippen molar-refractivity contribution in [2.75, 3.05) is 7.11 Å². The number of benzene rings is 1. The van der Waals surface area contributed by atoms with Gasteiger partial charge in [-0.05, 0) is 31.5 Å². The van der Waals surface area contributed by atoms with Crippen LogP contribution in [0.4, 0.5) is 0 Å². The standard InChI is InChI=1S/C10H11ClO2/c1-6-4-8(7(2)12)10(13-3)9(11)5-6/h4-5H,1-3H3. The van der Waals surface area contributed by atoms with E-state index in [9.17, 15) is 4.79 Å². The van der Waals surface area contributed by atoms with Crippen molar-refractivity contribution in [3.05, 3.63) is 28.3 Å². The number of hydrogen-bond acceptors (Lipinski definition) is 2. The summed E-state index contributed by atoms with van der Waals surface area (Å²) in [4.78, 5) is 11.2. The number of carbonyl (C=O) groups excluding carboxylic acids is 1. The van der Waals surface area contributed by atoms with Gasteiger partial charge in [0.1, 0.15) is 5.75 Å². The quantitative estimate of drug-likeness (QED) is 0.684. The predicted molar refractivity (Wildman–Crippen MR) is 52.7 cm³/mol. The molecule has 0 saturated carbocycles. The molecule has 1 rings (SSSR count). The maximum absolute atomic E-state index is 11.2. The number of aryl methyl sites for hydroxylation is 1. The molecule has 0 saturated heterocycles. The van der Waals surface area contributed by atoms with Crippen LogP contribution in [0.25, 0.3) is 0 Å². The smallest absolute Gasteiger partial charge is 0.163 e. The Kier molecular flexibility index (Phi) is 2.94. The zero-order valence-corrected chi connectivity index (χ0v) is 8.61. The van der Waals surface area contributed by atoms with E-state index in [2.05, 4.69) is 0 Å². The molecule has 70 valence electrons. The second kappa shape index (κ2) is 3.79. The monoisotopic (exact) mass is 198 g/mol. The van der Waals surface area contributed by atoms with Crippen molar-refractivity contribution in [2.24, 2.45) is 0 Å². The van der Waals surface area contributed by atoms with Gasteiger partial charge in [-0.25, -0.2) is 0 Å². The molecule has 2 nitrogen and oxygen atoms in total. The average Bonchev–Trinajstić information content (AvgIpc) is 2.02. The molecule has 0 unspecified atom stereocenters. The second-order valence-electron chi connectivity index (χ2n) is 2.88. The summed E-state index contributed by atoms with van der Waals surface area (Å²) in [6.45, 7) is 3.38. The molecule has 1 aromatic carbocycles. The van der Waals surface area contributed by atoms with Crippen LogP contribution in [0.5, 0.6) is 5.75 Å². The van der Waals surface area contributed by atoms with E-state index in [0.29, 0.717) is 16.3 Å².